The number of halogens is 1. The average Bonchev–Trinajstić information content (AvgIpc) is 2.67. The minimum Gasteiger partial charge on any atom is -0.507 e. The molecular formula is C22H19ClO7. The van der Waals surface area contributed by atoms with Gasteiger partial charge in [-0.25, -0.2) is 0 Å². The summed E-state index contributed by atoms with van der Waals surface area (Å²) in [4.78, 5) is 23.7. The summed E-state index contributed by atoms with van der Waals surface area (Å²) >= 11 is 6.18. The van der Waals surface area contributed by atoms with Gasteiger partial charge < -0.3 is 24.1 Å². The van der Waals surface area contributed by atoms with Gasteiger partial charge in [0, 0.05) is 12.1 Å². The van der Waals surface area contributed by atoms with E-state index in [4.69, 9.17) is 30.6 Å². The number of fused-ring (bicyclic) bond motifs is 1. The molecule has 0 spiro atoms. The van der Waals surface area contributed by atoms with E-state index in [9.17, 15) is 14.7 Å². The molecule has 2 N–H and O–H groups in total. The predicted molar refractivity (Wildman–Crippen MR) is 111 cm³/mol. The van der Waals surface area contributed by atoms with Gasteiger partial charge in [0.05, 0.1) is 23.1 Å². The summed E-state index contributed by atoms with van der Waals surface area (Å²) in [5.74, 6) is -0.279. The first-order valence-corrected chi connectivity index (χ1v) is 9.87. The summed E-state index contributed by atoms with van der Waals surface area (Å²) < 4.78 is 17.4. The first-order valence-electron chi connectivity index (χ1n) is 9.49. The van der Waals surface area contributed by atoms with Gasteiger partial charge in [-0.3, -0.25) is 9.59 Å². The molecule has 1 heterocycles. The Labute approximate surface area is 176 Å². The molecule has 0 amide bonds. The van der Waals surface area contributed by atoms with Crippen LogP contribution in [0.1, 0.15) is 19.8 Å². The SMILES string of the molecule is CCOc1ccc(-c2cc(=O)c3c(O)ccc(Cl)c3o2)c(OC2CC(C(=O)O)C2)c1. The van der Waals surface area contributed by atoms with E-state index in [1.54, 1.807) is 18.2 Å². The van der Waals surface area contributed by atoms with Crippen molar-refractivity contribution in [3.8, 4) is 28.6 Å². The lowest BCUT2D eigenvalue weighted by Gasteiger charge is -2.33. The zero-order valence-corrected chi connectivity index (χ0v) is 16.8. The Bertz CT molecular complexity index is 1180. The maximum atomic E-state index is 12.6. The van der Waals surface area contributed by atoms with Gasteiger partial charge in [-0.2, -0.15) is 0 Å². The number of carboxylic acid groups (broad SMARTS) is 1. The van der Waals surface area contributed by atoms with Crippen LogP contribution in [0.5, 0.6) is 17.2 Å². The Kier molecular flexibility index (Phi) is 5.30. The number of hydrogen-bond acceptors (Lipinski definition) is 6. The molecule has 156 valence electrons. The van der Waals surface area contributed by atoms with Crippen molar-refractivity contribution in [1.82, 2.24) is 0 Å². The smallest absolute Gasteiger partial charge is 0.306 e. The molecule has 3 aromatic rings. The maximum Gasteiger partial charge on any atom is 0.306 e. The lowest BCUT2D eigenvalue weighted by molar-refractivity contribution is -0.147. The van der Waals surface area contributed by atoms with Crippen molar-refractivity contribution in [2.45, 2.75) is 25.9 Å². The number of ether oxygens (including phenoxy) is 2. The molecule has 0 aliphatic heterocycles. The standard InChI is InChI=1S/C22H19ClO7/c1-2-28-12-3-4-14(18(9-12)29-13-7-11(8-13)22(26)27)19-10-17(25)20-16(24)6-5-15(23)21(20)30-19/h3-6,9-11,13,24H,2,7-8H2,1H3,(H,26,27). The fraction of sp³-hybridized carbons (Fsp3) is 0.273. The van der Waals surface area contributed by atoms with Crippen LogP contribution in [0.15, 0.2) is 45.6 Å². The van der Waals surface area contributed by atoms with Crippen molar-refractivity contribution >= 4 is 28.5 Å². The van der Waals surface area contributed by atoms with E-state index in [0.29, 0.717) is 36.5 Å². The van der Waals surface area contributed by atoms with E-state index in [-0.39, 0.29) is 33.6 Å². The Morgan fingerprint density at radius 2 is 2.00 bits per heavy atom. The highest BCUT2D eigenvalue weighted by Crippen LogP contribution is 2.40. The first-order chi connectivity index (χ1) is 14.4. The molecule has 1 saturated carbocycles. The molecule has 0 bridgehead atoms. The molecule has 0 unspecified atom stereocenters. The second kappa shape index (κ2) is 7.91. The maximum absolute atomic E-state index is 12.6. The first kappa shape index (κ1) is 20.1. The van der Waals surface area contributed by atoms with Gasteiger partial charge >= 0.3 is 5.97 Å². The molecule has 2 aromatic carbocycles. The fourth-order valence-electron chi connectivity index (χ4n) is 3.45. The van der Waals surface area contributed by atoms with Crippen LogP contribution in [0.4, 0.5) is 0 Å². The van der Waals surface area contributed by atoms with Gasteiger partial charge in [0.1, 0.15) is 34.5 Å². The van der Waals surface area contributed by atoms with Crippen LogP contribution in [-0.2, 0) is 4.79 Å². The molecule has 8 heteroatoms. The molecule has 0 radical (unpaired) electrons. The quantitative estimate of drug-likeness (QED) is 0.594. The van der Waals surface area contributed by atoms with Crippen LogP contribution < -0.4 is 14.9 Å². The second-order valence-corrected chi connectivity index (χ2v) is 7.49. The van der Waals surface area contributed by atoms with Crippen LogP contribution in [0.25, 0.3) is 22.3 Å². The number of carboxylic acids is 1. The second-order valence-electron chi connectivity index (χ2n) is 7.08. The monoisotopic (exact) mass is 430 g/mol. The van der Waals surface area contributed by atoms with Gasteiger partial charge in [0.15, 0.2) is 11.0 Å². The van der Waals surface area contributed by atoms with E-state index >= 15 is 0 Å². The lowest BCUT2D eigenvalue weighted by Crippen LogP contribution is -2.38. The van der Waals surface area contributed by atoms with E-state index < -0.39 is 17.3 Å². The molecule has 30 heavy (non-hydrogen) atoms. The van der Waals surface area contributed by atoms with Crippen LogP contribution in [0.3, 0.4) is 0 Å². The number of rotatable bonds is 6. The Morgan fingerprint density at radius 1 is 1.23 bits per heavy atom. The highest BCUT2D eigenvalue weighted by Gasteiger charge is 2.36. The molecular weight excluding hydrogens is 412 g/mol. The molecule has 1 aromatic heterocycles. The van der Waals surface area contributed by atoms with E-state index in [1.165, 1.54) is 18.2 Å². The van der Waals surface area contributed by atoms with Gasteiger partial charge in [-0.05, 0) is 44.0 Å². The van der Waals surface area contributed by atoms with Gasteiger partial charge in [0.2, 0.25) is 0 Å². The average molecular weight is 431 g/mol. The van der Waals surface area contributed by atoms with Crippen molar-refractivity contribution in [2.75, 3.05) is 6.61 Å². The van der Waals surface area contributed by atoms with E-state index in [0.717, 1.165) is 0 Å². The van der Waals surface area contributed by atoms with Gasteiger partial charge in [0.25, 0.3) is 0 Å². The van der Waals surface area contributed by atoms with Crippen LogP contribution in [0, 0.1) is 5.92 Å². The van der Waals surface area contributed by atoms with E-state index in [1.807, 2.05) is 6.92 Å². The minimum atomic E-state index is -0.840. The third kappa shape index (κ3) is 3.68. The molecule has 4 rings (SSSR count). The molecule has 0 atom stereocenters. The predicted octanol–water partition coefficient (Wildman–Crippen LogP) is 4.46. The van der Waals surface area contributed by atoms with Crippen molar-refractivity contribution in [3.63, 3.8) is 0 Å². The highest BCUT2D eigenvalue weighted by atomic mass is 35.5. The van der Waals surface area contributed by atoms with Crippen LogP contribution in [0.2, 0.25) is 5.02 Å². The Morgan fingerprint density at radius 3 is 2.70 bits per heavy atom. The third-order valence-electron chi connectivity index (χ3n) is 5.08. The summed E-state index contributed by atoms with van der Waals surface area (Å²) in [6, 6.07) is 9.16. The largest absolute Gasteiger partial charge is 0.507 e. The highest BCUT2D eigenvalue weighted by molar-refractivity contribution is 6.35. The van der Waals surface area contributed by atoms with E-state index in [2.05, 4.69) is 0 Å². The zero-order chi connectivity index (χ0) is 21.4. The summed E-state index contributed by atoms with van der Waals surface area (Å²) in [6.07, 6.45) is 0.533. The molecule has 1 fully saturated rings. The number of hydrogen-bond donors (Lipinski definition) is 2. The molecule has 0 saturated heterocycles. The molecule has 7 nitrogen and oxygen atoms in total. The topological polar surface area (TPSA) is 106 Å². The summed E-state index contributed by atoms with van der Waals surface area (Å²) in [5.41, 5.74) is 0.130. The molecule has 1 aliphatic carbocycles. The van der Waals surface area contributed by atoms with Crippen LogP contribution in [-0.4, -0.2) is 28.9 Å². The normalized spacial score (nSPS) is 18.1. The Balaban J connectivity index is 1.77. The van der Waals surface area contributed by atoms with Gasteiger partial charge in [-0.1, -0.05) is 11.6 Å². The molecule has 1 aliphatic rings. The number of phenols is 1. The lowest BCUT2D eigenvalue weighted by atomic mass is 9.82. The van der Waals surface area contributed by atoms with Crippen molar-refractivity contribution in [3.05, 3.63) is 51.6 Å². The van der Waals surface area contributed by atoms with Gasteiger partial charge in [-0.15, -0.1) is 0 Å². The number of benzene rings is 2. The number of aromatic hydroxyl groups is 1. The van der Waals surface area contributed by atoms with Crippen molar-refractivity contribution in [1.29, 1.82) is 0 Å². The number of carbonyl (C=O) groups is 1. The summed E-state index contributed by atoms with van der Waals surface area (Å²) in [6.45, 7) is 2.32. The Hall–Kier alpha value is -3.19. The van der Waals surface area contributed by atoms with Crippen molar-refractivity contribution in [2.24, 2.45) is 5.92 Å². The number of phenolic OH excluding ortho intramolecular Hbond substituents is 1. The zero-order valence-electron chi connectivity index (χ0n) is 16.1. The van der Waals surface area contributed by atoms with Crippen molar-refractivity contribution < 1.29 is 28.9 Å². The summed E-state index contributed by atoms with van der Waals surface area (Å²) in [5, 5.41) is 19.3. The summed E-state index contributed by atoms with van der Waals surface area (Å²) in [7, 11) is 0. The third-order valence-corrected chi connectivity index (χ3v) is 5.37. The van der Waals surface area contributed by atoms with Crippen LogP contribution >= 0.6 is 11.6 Å². The fourth-order valence-corrected chi connectivity index (χ4v) is 3.65. The minimum absolute atomic E-state index is 0.00273. The number of aliphatic carboxylic acids is 1.